The number of hydrogen-bond donors (Lipinski definition) is 3. The number of likely N-dealkylation sites (tertiary alicyclic amines) is 1. The Morgan fingerprint density at radius 3 is 2.44 bits per heavy atom. The van der Waals surface area contributed by atoms with Gasteiger partial charge in [0.2, 0.25) is 5.91 Å². The number of nitrogens with one attached hydrogen (secondary N) is 2. The lowest BCUT2D eigenvalue weighted by Crippen LogP contribution is -2.53. The monoisotopic (exact) mass is 647 g/mol. The van der Waals surface area contributed by atoms with Gasteiger partial charge < -0.3 is 25.4 Å². The highest BCUT2D eigenvalue weighted by Crippen LogP contribution is 2.31. The number of phenolic OH excluding ortho intramolecular Hbond substituents is 1. The number of benzene rings is 3. The molecule has 3 aromatic carbocycles. The molecule has 3 N–H and O–H groups in total. The summed E-state index contributed by atoms with van der Waals surface area (Å²) >= 11 is 0. The first-order valence-electron chi connectivity index (χ1n) is 16.0. The standard InChI is InChI=1S/C38H41N5O5/c1-25-14-21-32(44)30(23-25)33-28(24-42(5)41-33)18-15-26-16-19-29(20-17-26)39-35(45)31-13-9-10-22-43(31)36(46)34(27-11-7-6-8-12-27)40-37(47)48-38(2,3)4/h6-8,11-12,14,16-17,19-21,23-24,31,34,44H,9-10,13,22H2,1-5H3,(H,39,45)(H,40,47)/t31-,34-/m0/s1. The van der Waals surface area contributed by atoms with Crippen LogP contribution in [0.15, 0.2) is 79.0 Å². The van der Waals surface area contributed by atoms with Gasteiger partial charge in [-0.25, -0.2) is 4.79 Å². The zero-order chi connectivity index (χ0) is 34.4. The maximum Gasteiger partial charge on any atom is 0.408 e. The SMILES string of the molecule is Cc1ccc(O)c(-c2nn(C)cc2C#Cc2ccc(NC(=O)[C@@H]3CCCCN3C(=O)[C@@H](NC(=O)OC(C)(C)C)c3ccccc3)cc2)c1. The first-order valence-corrected chi connectivity index (χ1v) is 16.0. The summed E-state index contributed by atoms with van der Waals surface area (Å²) in [5.74, 6) is 5.77. The molecule has 2 atom stereocenters. The van der Waals surface area contributed by atoms with E-state index < -0.39 is 23.8 Å². The van der Waals surface area contributed by atoms with E-state index in [1.54, 1.807) is 86.1 Å². The number of rotatable bonds is 6. The van der Waals surface area contributed by atoms with E-state index in [-0.39, 0.29) is 17.6 Å². The van der Waals surface area contributed by atoms with Crippen molar-refractivity contribution in [2.24, 2.45) is 7.05 Å². The molecule has 0 bridgehead atoms. The van der Waals surface area contributed by atoms with Crippen LogP contribution in [0.4, 0.5) is 10.5 Å². The number of amides is 3. The smallest absolute Gasteiger partial charge is 0.408 e. The number of aromatic nitrogens is 2. The number of aromatic hydroxyl groups is 1. The van der Waals surface area contributed by atoms with Gasteiger partial charge in [-0.3, -0.25) is 14.3 Å². The van der Waals surface area contributed by atoms with Crippen molar-refractivity contribution in [1.82, 2.24) is 20.0 Å². The van der Waals surface area contributed by atoms with Crippen LogP contribution in [-0.4, -0.2) is 55.9 Å². The first-order chi connectivity index (χ1) is 22.9. The molecular formula is C38H41N5O5. The van der Waals surface area contributed by atoms with Crippen LogP contribution < -0.4 is 10.6 Å². The third-order valence-electron chi connectivity index (χ3n) is 7.86. The van der Waals surface area contributed by atoms with Crippen LogP contribution in [0.2, 0.25) is 0 Å². The van der Waals surface area contributed by atoms with Crippen molar-refractivity contribution < 1.29 is 24.2 Å². The van der Waals surface area contributed by atoms with Crippen molar-refractivity contribution in [3.8, 4) is 28.8 Å². The molecule has 1 aliphatic heterocycles. The minimum Gasteiger partial charge on any atom is -0.507 e. The number of ether oxygens (including phenoxy) is 1. The quantitative estimate of drug-likeness (QED) is 0.218. The summed E-state index contributed by atoms with van der Waals surface area (Å²) in [7, 11) is 1.80. The average molecular weight is 648 g/mol. The van der Waals surface area contributed by atoms with E-state index in [9.17, 15) is 19.5 Å². The third-order valence-corrected chi connectivity index (χ3v) is 7.86. The van der Waals surface area contributed by atoms with Crippen molar-refractivity contribution in [1.29, 1.82) is 0 Å². The van der Waals surface area contributed by atoms with Crippen molar-refractivity contribution >= 4 is 23.6 Å². The number of phenols is 1. The van der Waals surface area contributed by atoms with Gasteiger partial charge in [0.25, 0.3) is 5.91 Å². The Labute approximate surface area is 281 Å². The maximum absolute atomic E-state index is 14.0. The number of nitrogens with zero attached hydrogens (tertiary/aromatic N) is 3. The fourth-order valence-corrected chi connectivity index (χ4v) is 5.61. The van der Waals surface area contributed by atoms with Crippen molar-refractivity contribution in [2.75, 3.05) is 11.9 Å². The van der Waals surface area contributed by atoms with Gasteiger partial charge >= 0.3 is 6.09 Å². The van der Waals surface area contributed by atoms with E-state index in [1.165, 1.54) is 0 Å². The van der Waals surface area contributed by atoms with Crippen molar-refractivity contribution in [3.63, 3.8) is 0 Å². The van der Waals surface area contributed by atoms with Gasteiger partial charge in [0.1, 0.15) is 29.1 Å². The fraction of sp³-hybridized carbons (Fsp3) is 0.316. The molecule has 10 nitrogen and oxygen atoms in total. The van der Waals surface area contributed by atoms with E-state index >= 15 is 0 Å². The van der Waals surface area contributed by atoms with Crippen LogP contribution in [0.5, 0.6) is 5.75 Å². The zero-order valence-electron chi connectivity index (χ0n) is 27.9. The predicted octanol–water partition coefficient (Wildman–Crippen LogP) is 6.09. The predicted molar refractivity (Wildman–Crippen MR) is 184 cm³/mol. The van der Waals surface area contributed by atoms with Crippen LogP contribution in [-0.2, 0) is 21.4 Å². The minimum atomic E-state index is -1.01. The van der Waals surface area contributed by atoms with Gasteiger partial charge in [-0.15, -0.1) is 0 Å². The zero-order valence-corrected chi connectivity index (χ0v) is 27.9. The van der Waals surface area contributed by atoms with Crippen LogP contribution in [0.1, 0.15) is 68.3 Å². The number of carbonyl (C=O) groups is 3. The lowest BCUT2D eigenvalue weighted by Gasteiger charge is -2.37. The molecule has 3 amide bonds. The Bertz CT molecular complexity index is 1850. The molecule has 0 radical (unpaired) electrons. The van der Waals surface area contributed by atoms with Gasteiger partial charge in [0.15, 0.2) is 0 Å². The number of aryl methyl sites for hydroxylation is 2. The third kappa shape index (κ3) is 8.42. The van der Waals surface area contributed by atoms with E-state index in [4.69, 9.17) is 4.74 Å². The summed E-state index contributed by atoms with van der Waals surface area (Å²) < 4.78 is 7.11. The van der Waals surface area contributed by atoms with E-state index in [0.29, 0.717) is 41.0 Å². The molecule has 4 aromatic rings. The van der Waals surface area contributed by atoms with Gasteiger partial charge in [0, 0.05) is 36.6 Å². The molecule has 48 heavy (non-hydrogen) atoms. The highest BCUT2D eigenvalue weighted by molar-refractivity contribution is 5.98. The molecule has 1 aliphatic rings. The number of carbonyl (C=O) groups excluding carboxylic acids is 3. The second kappa shape index (κ2) is 14.5. The largest absolute Gasteiger partial charge is 0.507 e. The number of piperidine rings is 1. The summed E-state index contributed by atoms with van der Waals surface area (Å²) in [5.41, 5.74) is 4.04. The Balaban J connectivity index is 1.30. The lowest BCUT2D eigenvalue weighted by atomic mass is 9.98. The summed E-state index contributed by atoms with van der Waals surface area (Å²) in [6, 6.07) is 19.8. The van der Waals surface area contributed by atoms with E-state index in [0.717, 1.165) is 24.0 Å². The summed E-state index contributed by atoms with van der Waals surface area (Å²) in [6.07, 6.45) is 3.14. The molecule has 0 spiro atoms. The molecule has 0 saturated carbocycles. The summed E-state index contributed by atoms with van der Waals surface area (Å²) in [6.45, 7) is 7.61. The van der Waals surface area contributed by atoms with E-state index in [1.807, 2.05) is 37.3 Å². The van der Waals surface area contributed by atoms with Crippen LogP contribution in [0.3, 0.4) is 0 Å². The summed E-state index contributed by atoms with van der Waals surface area (Å²) in [4.78, 5) is 41.9. The normalized spacial score (nSPS) is 15.1. The highest BCUT2D eigenvalue weighted by atomic mass is 16.6. The highest BCUT2D eigenvalue weighted by Gasteiger charge is 2.37. The van der Waals surface area contributed by atoms with Gasteiger partial charge in [-0.2, -0.15) is 5.10 Å². The van der Waals surface area contributed by atoms with Crippen LogP contribution in [0, 0.1) is 18.8 Å². The first kappa shape index (κ1) is 33.8. The number of anilines is 1. The molecule has 1 aromatic heterocycles. The van der Waals surface area contributed by atoms with Gasteiger partial charge in [-0.05, 0) is 88.9 Å². The minimum absolute atomic E-state index is 0.135. The molecule has 0 unspecified atom stereocenters. The maximum atomic E-state index is 14.0. The van der Waals surface area contributed by atoms with Gasteiger partial charge in [-0.1, -0.05) is 53.8 Å². The molecule has 2 heterocycles. The molecule has 0 aliphatic carbocycles. The number of alkyl carbamates (subject to hydrolysis) is 1. The second-order valence-electron chi connectivity index (χ2n) is 12.9. The Morgan fingerprint density at radius 1 is 1.00 bits per heavy atom. The molecule has 248 valence electrons. The number of hydrogen-bond acceptors (Lipinski definition) is 6. The molecule has 5 rings (SSSR count). The Kier molecular flexibility index (Phi) is 10.2. The topological polar surface area (TPSA) is 126 Å². The van der Waals surface area contributed by atoms with Crippen LogP contribution >= 0.6 is 0 Å². The Hall–Kier alpha value is -5.56. The van der Waals surface area contributed by atoms with E-state index in [2.05, 4.69) is 27.6 Å². The molecular weight excluding hydrogens is 606 g/mol. The lowest BCUT2D eigenvalue weighted by molar-refractivity contribution is -0.142. The second-order valence-corrected chi connectivity index (χ2v) is 12.9. The molecule has 1 fully saturated rings. The van der Waals surface area contributed by atoms with Crippen molar-refractivity contribution in [2.45, 2.75) is 64.6 Å². The Morgan fingerprint density at radius 2 is 1.73 bits per heavy atom. The van der Waals surface area contributed by atoms with Crippen molar-refractivity contribution in [3.05, 3.63) is 101 Å². The summed E-state index contributed by atoms with van der Waals surface area (Å²) in [5, 5.41) is 20.6. The molecule has 10 heteroatoms. The average Bonchev–Trinajstić information content (AvgIpc) is 3.43. The molecule has 1 saturated heterocycles. The van der Waals surface area contributed by atoms with Crippen LogP contribution in [0.25, 0.3) is 11.3 Å². The van der Waals surface area contributed by atoms with Gasteiger partial charge in [0.05, 0.1) is 5.56 Å². The fourth-order valence-electron chi connectivity index (χ4n) is 5.61.